The van der Waals surface area contributed by atoms with E-state index in [0.717, 1.165) is 17.9 Å². The lowest BCUT2D eigenvalue weighted by Gasteiger charge is -2.22. The van der Waals surface area contributed by atoms with Crippen molar-refractivity contribution in [3.63, 3.8) is 0 Å². The monoisotopic (exact) mass is 374 g/mol. The van der Waals surface area contributed by atoms with Crippen LogP contribution in [0.15, 0.2) is 29.4 Å². The van der Waals surface area contributed by atoms with Gasteiger partial charge in [-0.3, -0.25) is 9.89 Å². The number of thioether (sulfide) groups is 1. The smallest absolute Gasteiger partial charge is 0.233 e. The second kappa shape index (κ2) is 9.07. The van der Waals surface area contributed by atoms with Crippen LogP contribution in [0.4, 0.5) is 0 Å². The van der Waals surface area contributed by atoms with Crippen LogP contribution in [-0.2, 0) is 4.79 Å². The van der Waals surface area contributed by atoms with Crippen molar-refractivity contribution in [3.8, 4) is 17.1 Å². The van der Waals surface area contributed by atoms with Crippen LogP contribution in [-0.4, -0.2) is 40.0 Å². The molecule has 1 unspecified atom stereocenters. The van der Waals surface area contributed by atoms with Gasteiger partial charge in [0.1, 0.15) is 5.75 Å². The third-order valence-electron chi connectivity index (χ3n) is 4.77. The van der Waals surface area contributed by atoms with Gasteiger partial charge >= 0.3 is 0 Å². The van der Waals surface area contributed by atoms with Gasteiger partial charge in [0.2, 0.25) is 11.1 Å². The fourth-order valence-corrected chi connectivity index (χ4v) is 3.92. The standard InChI is InChI=1S/C19H26N4O2S/c1-13(18(24)20-12-14-6-4-3-5-7-14)26-19-21-17(22-23-19)15-8-10-16(25-2)11-9-15/h8-11,13-14H,3-7,12H2,1-2H3,(H,20,24)(H,21,22,23). The number of hydrogen-bond donors (Lipinski definition) is 2. The van der Waals surface area contributed by atoms with Gasteiger partial charge in [-0.15, -0.1) is 5.10 Å². The van der Waals surface area contributed by atoms with Crippen molar-refractivity contribution in [3.05, 3.63) is 24.3 Å². The molecule has 1 fully saturated rings. The van der Waals surface area contributed by atoms with Gasteiger partial charge in [-0.25, -0.2) is 4.98 Å². The Morgan fingerprint density at radius 2 is 2.04 bits per heavy atom. The van der Waals surface area contributed by atoms with Crippen molar-refractivity contribution in [1.82, 2.24) is 20.5 Å². The zero-order chi connectivity index (χ0) is 18.4. The highest BCUT2D eigenvalue weighted by Gasteiger charge is 2.19. The number of carbonyl (C=O) groups is 1. The number of ether oxygens (including phenoxy) is 1. The fraction of sp³-hybridized carbons (Fsp3) is 0.526. The minimum absolute atomic E-state index is 0.0522. The largest absolute Gasteiger partial charge is 0.497 e. The molecule has 1 aromatic carbocycles. The van der Waals surface area contributed by atoms with Crippen molar-refractivity contribution in [2.45, 2.75) is 49.4 Å². The molecule has 7 heteroatoms. The molecule has 3 rings (SSSR count). The predicted molar refractivity (Wildman–Crippen MR) is 103 cm³/mol. The van der Waals surface area contributed by atoms with E-state index in [9.17, 15) is 4.79 Å². The van der Waals surface area contributed by atoms with Gasteiger partial charge in [0.25, 0.3) is 0 Å². The molecule has 1 amide bonds. The van der Waals surface area contributed by atoms with E-state index >= 15 is 0 Å². The lowest BCUT2D eigenvalue weighted by molar-refractivity contribution is -0.120. The highest BCUT2D eigenvalue weighted by molar-refractivity contribution is 8.00. The summed E-state index contributed by atoms with van der Waals surface area (Å²) in [5.41, 5.74) is 0.930. The third kappa shape index (κ3) is 5.00. The summed E-state index contributed by atoms with van der Waals surface area (Å²) in [5.74, 6) is 2.17. The van der Waals surface area contributed by atoms with Crippen LogP contribution in [0.3, 0.4) is 0 Å². The molecule has 2 N–H and O–H groups in total. The molecule has 6 nitrogen and oxygen atoms in total. The average molecular weight is 375 g/mol. The Bertz CT molecular complexity index is 711. The number of nitrogens with one attached hydrogen (secondary N) is 2. The molecule has 1 aromatic heterocycles. The Hall–Kier alpha value is -2.02. The van der Waals surface area contributed by atoms with Crippen LogP contribution in [0, 0.1) is 5.92 Å². The summed E-state index contributed by atoms with van der Waals surface area (Å²) in [5, 5.41) is 10.6. The molecule has 2 aromatic rings. The number of amides is 1. The van der Waals surface area contributed by atoms with Crippen LogP contribution in [0.1, 0.15) is 39.0 Å². The van der Waals surface area contributed by atoms with Gasteiger partial charge in [-0.1, -0.05) is 31.0 Å². The van der Waals surface area contributed by atoms with Gasteiger partial charge in [0.15, 0.2) is 5.82 Å². The number of rotatable bonds is 7. The topological polar surface area (TPSA) is 79.9 Å². The van der Waals surface area contributed by atoms with E-state index < -0.39 is 0 Å². The highest BCUT2D eigenvalue weighted by atomic mass is 32.2. The third-order valence-corrected chi connectivity index (χ3v) is 5.73. The van der Waals surface area contributed by atoms with Gasteiger partial charge in [0, 0.05) is 12.1 Å². The molecule has 0 saturated heterocycles. The summed E-state index contributed by atoms with van der Waals surface area (Å²) in [4.78, 5) is 16.8. The predicted octanol–water partition coefficient (Wildman–Crippen LogP) is 3.66. The number of methoxy groups -OCH3 is 1. The first-order valence-corrected chi connectivity index (χ1v) is 10.0. The summed E-state index contributed by atoms with van der Waals surface area (Å²) in [6.07, 6.45) is 6.37. The molecule has 1 aliphatic carbocycles. The van der Waals surface area contributed by atoms with Crippen molar-refractivity contribution in [2.75, 3.05) is 13.7 Å². The van der Waals surface area contributed by atoms with Crippen LogP contribution < -0.4 is 10.1 Å². The molecule has 1 saturated carbocycles. The first-order valence-electron chi connectivity index (χ1n) is 9.17. The van der Waals surface area contributed by atoms with Crippen molar-refractivity contribution < 1.29 is 9.53 Å². The van der Waals surface area contributed by atoms with Gasteiger partial charge in [0.05, 0.1) is 12.4 Å². The highest BCUT2D eigenvalue weighted by Crippen LogP contribution is 2.25. The van der Waals surface area contributed by atoms with E-state index in [0.29, 0.717) is 16.9 Å². The molecule has 1 aliphatic rings. The number of benzene rings is 1. The lowest BCUT2D eigenvalue weighted by Crippen LogP contribution is -2.35. The summed E-state index contributed by atoms with van der Waals surface area (Å²) in [6, 6.07) is 7.61. The van der Waals surface area contributed by atoms with E-state index in [1.807, 2.05) is 31.2 Å². The van der Waals surface area contributed by atoms with Crippen molar-refractivity contribution in [2.24, 2.45) is 5.92 Å². The maximum atomic E-state index is 12.3. The number of nitrogens with zero attached hydrogens (tertiary/aromatic N) is 2. The quantitative estimate of drug-likeness (QED) is 0.723. The SMILES string of the molecule is COc1ccc(-c2nc(SC(C)C(=O)NCC3CCCCC3)n[nH]2)cc1. The average Bonchev–Trinajstić information content (AvgIpc) is 3.15. The summed E-state index contributed by atoms with van der Waals surface area (Å²) >= 11 is 1.37. The minimum Gasteiger partial charge on any atom is -0.497 e. The second-order valence-electron chi connectivity index (χ2n) is 6.70. The van der Waals surface area contributed by atoms with Gasteiger partial charge in [-0.05, 0) is 49.9 Å². The van der Waals surface area contributed by atoms with E-state index in [4.69, 9.17) is 4.74 Å². The maximum Gasteiger partial charge on any atom is 0.233 e. The molecule has 1 atom stereocenters. The fourth-order valence-electron chi connectivity index (χ4n) is 3.17. The van der Waals surface area contributed by atoms with E-state index in [2.05, 4.69) is 20.5 Å². The minimum atomic E-state index is -0.224. The lowest BCUT2D eigenvalue weighted by atomic mass is 9.89. The maximum absolute atomic E-state index is 12.3. The molecule has 0 spiro atoms. The summed E-state index contributed by atoms with van der Waals surface area (Å²) in [7, 11) is 1.64. The van der Waals surface area contributed by atoms with Crippen LogP contribution in [0.2, 0.25) is 0 Å². The summed E-state index contributed by atoms with van der Waals surface area (Å²) < 4.78 is 5.16. The van der Waals surface area contributed by atoms with Crippen LogP contribution >= 0.6 is 11.8 Å². The normalized spacial score (nSPS) is 16.2. The zero-order valence-corrected chi connectivity index (χ0v) is 16.1. The number of aromatic nitrogens is 3. The Balaban J connectivity index is 1.51. The van der Waals surface area contributed by atoms with Crippen LogP contribution in [0.25, 0.3) is 11.4 Å². The molecule has 0 bridgehead atoms. The molecule has 0 radical (unpaired) electrons. The van der Waals surface area contributed by atoms with Crippen LogP contribution in [0.5, 0.6) is 5.75 Å². The molecule has 26 heavy (non-hydrogen) atoms. The van der Waals surface area contributed by atoms with Crippen molar-refractivity contribution >= 4 is 17.7 Å². The van der Waals surface area contributed by atoms with Gasteiger partial charge < -0.3 is 10.1 Å². The first kappa shape index (κ1) is 18.8. The Morgan fingerprint density at radius 3 is 2.73 bits per heavy atom. The molecule has 0 aliphatic heterocycles. The Labute approximate surface area is 158 Å². The van der Waals surface area contributed by atoms with Crippen molar-refractivity contribution in [1.29, 1.82) is 0 Å². The Kier molecular flexibility index (Phi) is 6.55. The number of aromatic amines is 1. The number of H-pyrrole nitrogens is 1. The van der Waals surface area contributed by atoms with Gasteiger partial charge in [-0.2, -0.15) is 0 Å². The van der Waals surface area contributed by atoms with E-state index in [-0.39, 0.29) is 11.2 Å². The number of carbonyl (C=O) groups excluding carboxylic acids is 1. The molecule has 140 valence electrons. The zero-order valence-electron chi connectivity index (χ0n) is 15.3. The van der Waals surface area contributed by atoms with E-state index in [1.165, 1.54) is 43.9 Å². The molecular formula is C19H26N4O2S. The Morgan fingerprint density at radius 1 is 1.31 bits per heavy atom. The second-order valence-corrected chi connectivity index (χ2v) is 8.01. The van der Waals surface area contributed by atoms with E-state index in [1.54, 1.807) is 7.11 Å². The summed E-state index contributed by atoms with van der Waals surface area (Å²) in [6.45, 7) is 2.68. The molecular weight excluding hydrogens is 348 g/mol. The molecule has 1 heterocycles. The first-order chi connectivity index (χ1) is 12.7. The number of hydrogen-bond acceptors (Lipinski definition) is 5.